The maximum absolute atomic E-state index is 12.0. The fraction of sp³-hybridized carbons (Fsp3) is 0.300. The molecule has 0 saturated heterocycles. The van der Waals surface area contributed by atoms with Crippen molar-refractivity contribution in [2.45, 2.75) is 13.8 Å². The van der Waals surface area contributed by atoms with Crippen molar-refractivity contribution in [2.75, 3.05) is 0 Å². The summed E-state index contributed by atoms with van der Waals surface area (Å²) in [6, 6.07) is 0. The molecule has 17 heavy (non-hydrogen) atoms. The molecule has 0 amide bonds. The average Bonchev–Trinajstić information content (AvgIpc) is 2.55. The number of aryl methyl sites for hydroxylation is 2. The van der Waals surface area contributed by atoms with Gasteiger partial charge in [-0.25, -0.2) is 9.36 Å². The topological polar surface area (TPSA) is 72.7 Å². The molecule has 0 aromatic carbocycles. The fourth-order valence-corrected chi connectivity index (χ4v) is 1.78. The number of aromatic nitrogens is 4. The SMILES string of the molecule is Cc1nn(C)cc1-n1c(=O)[nH]c(Cl)c(C)c1=O. The number of nitrogens with one attached hydrogen (secondary N) is 1. The molecular formula is C10H11ClN4O2. The van der Waals surface area contributed by atoms with Gasteiger partial charge in [0.05, 0.1) is 16.9 Å². The van der Waals surface area contributed by atoms with Crippen LogP contribution >= 0.6 is 11.6 Å². The van der Waals surface area contributed by atoms with Crippen molar-refractivity contribution in [3.05, 3.63) is 43.4 Å². The van der Waals surface area contributed by atoms with Crippen LogP contribution in [0, 0.1) is 13.8 Å². The minimum Gasteiger partial charge on any atom is -0.297 e. The van der Waals surface area contributed by atoms with E-state index in [1.54, 1.807) is 31.8 Å². The normalized spacial score (nSPS) is 10.8. The van der Waals surface area contributed by atoms with Crippen LogP contribution in [0.1, 0.15) is 11.3 Å². The zero-order chi connectivity index (χ0) is 12.7. The van der Waals surface area contributed by atoms with E-state index in [1.807, 2.05) is 0 Å². The maximum Gasteiger partial charge on any atom is 0.334 e. The molecule has 0 unspecified atom stereocenters. The third-order valence-electron chi connectivity index (χ3n) is 2.50. The first-order chi connectivity index (χ1) is 7.91. The summed E-state index contributed by atoms with van der Waals surface area (Å²) in [5, 5.41) is 4.16. The second kappa shape index (κ2) is 3.89. The van der Waals surface area contributed by atoms with Crippen LogP contribution in [-0.4, -0.2) is 19.3 Å². The zero-order valence-corrected chi connectivity index (χ0v) is 10.4. The van der Waals surface area contributed by atoms with Gasteiger partial charge in [-0.3, -0.25) is 14.5 Å². The molecule has 2 aromatic rings. The molecule has 0 atom stereocenters. The van der Waals surface area contributed by atoms with Crippen LogP contribution in [0.2, 0.25) is 5.15 Å². The van der Waals surface area contributed by atoms with Crippen molar-refractivity contribution in [2.24, 2.45) is 7.05 Å². The summed E-state index contributed by atoms with van der Waals surface area (Å²) in [7, 11) is 1.72. The number of nitrogens with zero attached hydrogens (tertiary/aromatic N) is 3. The van der Waals surface area contributed by atoms with Crippen molar-refractivity contribution in [1.29, 1.82) is 0 Å². The second-order valence-corrected chi connectivity index (χ2v) is 4.16. The summed E-state index contributed by atoms with van der Waals surface area (Å²) >= 11 is 5.73. The van der Waals surface area contributed by atoms with Gasteiger partial charge in [-0.15, -0.1) is 0 Å². The van der Waals surface area contributed by atoms with Crippen LogP contribution in [0.15, 0.2) is 15.8 Å². The molecule has 0 aliphatic rings. The Labute approximate surface area is 101 Å². The monoisotopic (exact) mass is 254 g/mol. The van der Waals surface area contributed by atoms with E-state index >= 15 is 0 Å². The minimum absolute atomic E-state index is 0.0674. The summed E-state index contributed by atoms with van der Waals surface area (Å²) < 4.78 is 2.57. The zero-order valence-electron chi connectivity index (χ0n) is 9.61. The lowest BCUT2D eigenvalue weighted by Gasteiger charge is -2.04. The predicted octanol–water partition coefficient (Wildman–Crippen LogP) is 0.530. The standard InChI is InChI=1S/C10H11ClN4O2/c1-5-8(11)12-10(17)15(9(5)16)7-4-14(3)13-6(7)2/h4H,1-3H3,(H,12,17). The van der Waals surface area contributed by atoms with Gasteiger partial charge in [0.15, 0.2) is 0 Å². The highest BCUT2D eigenvalue weighted by Crippen LogP contribution is 2.09. The van der Waals surface area contributed by atoms with E-state index in [2.05, 4.69) is 10.1 Å². The first-order valence-electron chi connectivity index (χ1n) is 4.94. The van der Waals surface area contributed by atoms with E-state index in [4.69, 9.17) is 11.6 Å². The van der Waals surface area contributed by atoms with Gasteiger partial charge >= 0.3 is 5.69 Å². The molecule has 7 heteroatoms. The van der Waals surface area contributed by atoms with Crippen molar-refractivity contribution in [3.8, 4) is 5.69 Å². The summed E-state index contributed by atoms with van der Waals surface area (Å²) in [5.74, 6) is 0. The molecule has 0 radical (unpaired) electrons. The molecule has 2 heterocycles. The number of H-pyrrole nitrogens is 1. The van der Waals surface area contributed by atoms with Crippen LogP contribution < -0.4 is 11.2 Å². The molecule has 0 aliphatic heterocycles. The van der Waals surface area contributed by atoms with Gasteiger partial charge < -0.3 is 0 Å². The van der Waals surface area contributed by atoms with Crippen molar-refractivity contribution in [3.63, 3.8) is 0 Å². The first-order valence-corrected chi connectivity index (χ1v) is 5.31. The fourth-order valence-electron chi connectivity index (χ4n) is 1.62. The van der Waals surface area contributed by atoms with Gasteiger partial charge in [0.2, 0.25) is 0 Å². The van der Waals surface area contributed by atoms with E-state index < -0.39 is 11.2 Å². The highest BCUT2D eigenvalue weighted by Gasteiger charge is 2.14. The second-order valence-electron chi connectivity index (χ2n) is 3.78. The van der Waals surface area contributed by atoms with Gasteiger partial charge in [-0.05, 0) is 13.8 Å². The molecule has 0 spiro atoms. The molecule has 1 N–H and O–H groups in total. The molecule has 6 nitrogen and oxygen atoms in total. The van der Waals surface area contributed by atoms with Crippen molar-refractivity contribution in [1.82, 2.24) is 19.3 Å². The van der Waals surface area contributed by atoms with Crippen LogP contribution in [-0.2, 0) is 7.05 Å². The summed E-state index contributed by atoms with van der Waals surface area (Å²) in [6.45, 7) is 3.29. The van der Waals surface area contributed by atoms with Crippen LogP contribution in [0.4, 0.5) is 0 Å². The highest BCUT2D eigenvalue weighted by molar-refractivity contribution is 6.30. The lowest BCUT2D eigenvalue weighted by atomic mass is 10.3. The molecule has 0 saturated carbocycles. The Morgan fingerprint density at radius 1 is 1.35 bits per heavy atom. The van der Waals surface area contributed by atoms with Gasteiger partial charge in [0.1, 0.15) is 5.15 Å². The highest BCUT2D eigenvalue weighted by atomic mass is 35.5. The lowest BCUT2D eigenvalue weighted by molar-refractivity contribution is 0.756. The van der Waals surface area contributed by atoms with Crippen LogP contribution in [0.5, 0.6) is 0 Å². The summed E-state index contributed by atoms with van der Waals surface area (Å²) in [5.41, 5.74) is 0.353. The third-order valence-corrected chi connectivity index (χ3v) is 2.88. The molecular weight excluding hydrogens is 244 g/mol. The first kappa shape index (κ1) is 11.7. The molecule has 2 rings (SSSR count). The van der Waals surface area contributed by atoms with Gasteiger partial charge in [0.25, 0.3) is 5.56 Å². The van der Waals surface area contributed by atoms with E-state index in [0.29, 0.717) is 16.9 Å². The Hall–Kier alpha value is -1.82. The summed E-state index contributed by atoms with van der Waals surface area (Å²) in [4.78, 5) is 26.2. The molecule has 0 fully saturated rings. The number of hydrogen-bond acceptors (Lipinski definition) is 3. The number of rotatable bonds is 1. The Kier molecular flexibility index (Phi) is 2.66. The van der Waals surface area contributed by atoms with Gasteiger partial charge in [0, 0.05) is 13.2 Å². The Morgan fingerprint density at radius 2 is 2.00 bits per heavy atom. The Morgan fingerprint density at radius 3 is 2.53 bits per heavy atom. The Bertz CT molecular complexity index is 695. The van der Waals surface area contributed by atoms with E-state index in [-0.39, 0.29) is 5.15 Å². The van der Waals surface area contributed by atoms with Gasteiger partial charge in [-0.2, -0.15) is 5.10 Å². The smallest absolute Gasteiger partial charge is 0.297 e. The molecule has 0 aliphatic carbocycles. The lowest BCUT2D eigenvalue weighted by Crippen LogP contribution is -2.35. The van der Waals surface area contributed by atoms with Gasteiger partial charge in [-0.1, -0.05) is 11.6 Å². The third kappa shape index (κ3) is 1.80. The molecule has 2 aromatic heterocycles. The maximum atomic E-state index is 12.0. The summed E-state index contributed by atoms with van der Waals surface area (Å²) in [6.07, 6.45) is 1.61. The van der Waals surface area contributed by atoms with Crippen LogP contribution in [0.3, 0.4) is 0 Å². The van der Waals surface area contributed by atoms with E-state index in [9.17, 15) is 9.59 Å². The van der Waals surface area contributed by atoms with Crippen LogP contribution in [0.25, 0.3) is 5.69 Å². The van der Waals surface area contributed by atoms with Crippen molar-refractivity contribution >= 4 is 11.6 Å². The number of hydrogen-bond donors (Lipinski definition) is 1. The van der Waals surface area contributed by atoms with Crippen molar-refractivity contribution < 1.29 is 0 Å². The number of halogens is 1. The number of aromatic amines is 1. The molecule has 0 bridgehead atoms. The minimum atomic E-state index is -0.568. The van der Waals surface area contributed by atoms with E-state index in [0.717, 1.165) is 4.57 Å². The quantitative estimate of drug-likeness (QED) is 0.755. The molecule has 90 valence electrons. The Balaban J connectivity index is 2.86. The predicted molar refractivity (Wildman–Crippen MR) is 63.9 cm³/mol. The largest absolute Gasteiger partial charge is 0.334 e. The van der Waals surface area contributed by atoms with E-state index in [1.165, 1.54) is 0 Å². The average molecular weight is 255 g/mol.